The summed E-state index contributed by atoms with van der Waals surface area (Å²) in [5.74, 6) is 1.78. The second-order valence-electron chi connectivity index (χ2n) is 7.23. The number of hydrogen-bond acceptors (Lipinski definition) is 4. The molecule has 1 aliphatic heterocycles. The Morgan fingerprint density at radius 2 is 1.96 bits per heavy atom. The van der Waals surface area contributed by atoms with Gasteiger partial charge in [-0.3, -0.25) is 9.89 Å². The van der Waals surface area contributed by atoms with Gasteiger partial charge in [0.15, 0.2) is 5.96 Å². The summed E-state index contributed by atoms with van der Waals surface area (Å²) in [6, 6.07) is 11.2. The van der Waals surface area contributed by atoms with Gasteiger partial charge in [-0.25, -0.2) is 0 Å². The van der Waals surface area contributed by atoms with Crippen LogP contribution in [0.25, 0.3) is 0 Å². The lowest BCUT2D eigenvalue weighted by atomic mass is 10.0. The Kier molecular flexibility index (Phi) is 6.87. The van der Waals surface area contributed by atoms with Crippen LogP contribution in [0, 0.1) is 13.8 Å². The maximum Gasteiger partial charge on any atom is 0.191 e. The van der Waals surface area contributed by atoms with Crippen molar-refractivity contribution in [2.75, 3.05) is 26.7 Å². The first-order valence-electron chi connectivity index (χ1n) is 9.81. The van der Waals surface area contributed by atoms with Gasteiger partial charge in [0.2, 0.25) is 0 Å². The molecule has 1 aromatic heterocycles. The van der Waals surface area contributed by atoms with Gasteiger partial charge in [-0.05, 0) is 38.7 Å². The first kappa shape index (κ1) is 19.4. The van der Waals surface area contributed by atoms with Gasteiger partial charge in [-0.15, -0.1) is 0 Å². The van der Waals surface area contributed by atoms with Crippen molar-refractivity contribution in [3.05, 3.63) is 52.9 Å². The number of hydrogen-bond donors (Lipinski definition) is 2. The van der Waals surface area contributed by atoms with E-state index in [1.165, 1.54) is 11.1 Å². The monoisotopic (exact) mass is 369 g/mol. The SMILES string of the molecule is CN=C(NCCc1c(C)noc1C)NC1CCN(Cc2ccccc2)CC1. The highest BCUT2D eigenvalue weighted by Crippen LogP contribution is 2.14. The van der Waals surface area contributed by atoms with E-state index < -0.39 is 0 Å². The first-order chi connectivity index (χ1) is 13.2. The van der Waals surface area contributed by atoms with Crippen LogP contribution in [-0.4, -0.2) is 48.7 Å². The van der Waals surface area contributed by atoms with E-state index in [4.69, 9.17) is 4.52 Å². The van der Waals surface area contributed by atoms with E-state index in [-0.39, 0.29) is 0 Å². The van der Waals surface area contributed by atoms with Crippen molar-refractivity contribution < 1.29 is 4.52 Å². The van der Waals surface area contributed by atoms with Crippen molar-refractivity contribution in [3.63, 3.8) is 0 Å². The quantitative estimate of drug-likeness (QED) is 0.605. The minimum Gasteiger partial charge on any atom is -0.361 e. The second-order valence-corrected chi connectivity index (χ2v) is 7.23. The van der Waals surface area contributed by atoms with E-state index in [1.54, 1.807) is 0 Å². The third-order valence-corrected chi connectivity index (χ3v) is 5.25. The molecule has 0 aliphatic carbocycles. The average molecular weight is 370 g/mol. The molecule has 146 valence electrons. The molecule has 0 amide bonds. The van der Waals surface area contributed by atoms with Crippen LogP contribution in [0.3, 0.4) is 0 Å². The molecule has 0 saturated carbocycles. The van der Waals surface area contributed by atoms with Crippen molar-refractivity contribution in [2.45, 2.75) is 45.7 Å². The molecule has 6 nitrogen and oxygen atoms in total. The van der Waals surface area contributed by atoms with Crippen LogP contribution in [0.1, 0.15) is 35.4 Å². The zero-order valence-electron chi connectivity index (χ0n) is 16.7. The van der Waals surface area contributed by atoms with Gasteiger partial charge in [-0.2, -0.15) is 0 Å². The summed E-state index contributed by atoms with van der Waals surface area (Å²) in [6.45, 7) is 8.03. The fourth-order valence-electron chi connectivity index (χ4n) is 3.63. The number of guanidine groups is 1. The third kappa shape index (κ3) is 5.57. The Morgan fingerprint density at radius 1 is 1.22 bits per heavy atom. The average Bonchev–Trinajstić information content (AvgIpc) is 3.01. The maximum absolute atomic E-state index is 5.22. The number of benzene rings is 1. The lowest BCUT2D eigenvalue weighted by Gasteiger charge is -2.33. The van der Waals surface area contributed by atoms with Crippen LogP contribution < -0.4 is 10.6 Å². The van der Waals surface area contributed by atoms with Crippen molar-refractivity contribution in [2.24, 2.45) is 4.99 Å². The fraction of sp³-hybridized carbons (Fsp3) is 0.524. The van der Waals surface area contributed by atoms with Crippen molar-refractivity contribution in [1.82, 2.24) is 20.7 Å². The zero-order valence-corrected chi connectivity index (χ0v) is 16.7. The van der Waals surface area contributed by atoms with E-state index in [1.807, 2.05) is 20.9 Å². The summed E-state index contributed by atoms with van der Waals surface area (Å²) >= 11 is 0. The molecule has 1 aliphatic rings. The molecule has 0 bridgehead atoms. The Balaban J connectivity index is 1.39. The number of piperidine rings is 1. The Hall–Kier alpha value is -2.34. The summed E-state index contributed by atoms with van der Waals surface area (Å²) in [7, 11) is 1.83. The number of aliphatic imine (C=N–C) groups is 1. The molecule has 1 aromatic carbocycles. The molecule has 0 spiro atoms. The summed E-state index contributed by atoms with van der Waals surface area (Å²) < 4.78 is 5.22. The Bertz CT molecular complexity index is 713. The van der Waals surface area contributed by atoms with Gasteiger partial charge in [0.25, 0.3) is 0 Å². The maximum atomic E-state index is 5.22. The van der Waals surface area contributed by atoms with Crippen molar-refractivity contribution >= 4 is 5.96 Å². The second kappa shape index (κ2) is 9.55. The normalized spacial score (nSPS) is 16.5. The summed E-state index contributed by atoms with van der Waals surface area (Å²) in [4.78, 5) is 6.90. The van der Waals surface area contributed by atoms with E-state index in [2.05, 4.69) is 56.0 Å². The standard InChI is InChI=1S/C21H31N5O/c1-16-20(17(2)27-25-16)9-12-23-21(22-3)24-19-10-13-26(14-11-19)15-18-7-5-4-6-8-18/h4-8,19H,9-15H2,1-3H3,(H2,22,23,24). The molecule has 0 atom stereocenters. The zero-order chi connectivity index (χ0) is 19.1. The number of aryl methyl sites for hydroxylation is 2. The molecule has 0 unspecified atom stereocenters. The Morgan fingerprint density at radius 3 is 2.59 bits per heavy atom. The number of nitrogens with zero attached hydrogens (tertiary/aromatic N) is 3. The predicted octanol–water partition coefficient (Wildman–Crippen LogP) is 2.66. The Labute approximate surface area is 162 Å². The van der Waals surface area contributed by atoms with E-state index >= 15 is 0 Å². The van der Waals surface area contributed by atoms with Gasteiger partial charge in [0.1, 0.15) is 5.76 Å². The number of aromatic nitrogens is 1. The first-order valence-corrected chi connectivity index (χ1v) is 9.81. The molecule has 2 aromatic rings. The molecule has 6 heteroatoms. The van der Waals surface area contributed by atoms with Gasteiger partial charge in [0.05, 0.1) is 5.69 Å². The van der Waals surface area contributed by atoms with Crippen molar-refractivity contribution in [1.29, 1.82) is 0 Å². The van der Waals surface area contributed by atoms with Gasteiger partial charge in [-0.1, -0.05) is 35.5 Å². The summed E-state index contributed by atoms with van der Waals surface area (Å²) in [5, 5.41) is 11.0. The largest absolute Gasteiger partial charge is 0.361 e. The number of likely N-dealkylation sites (tertiary alicyclic amines) is 1. The molecule has 1 fully saturated rings. The molecule has 2 heterocycles. The van der Waals surface area contributed by atoms with Crippen LogP contribution >= 0.6 is 0 Å². The summed E-state index contributed by atoms with van der Waals surface area (Å²) in [6.07, 6.45) is 3.16. The van der Waals surface area contributed by atoms with Crippen LogP contribution in [0.4, 0.5) is 0 Å². The topological polar surface area (TPSA) is 65.7 Å². The van der Waals surface area contributed by atoms with E-state index in [9.17, 15) is 0 Å². The van der Waals surface area contributed by atoms with Gasteiger partial charge < -0.3 is 15.2 Å². The smallest absolute Gasteiger partial charge is 0.191 e. The lowest BCUT2D eigenvalue weighted by molar-refractivity contribution is 0.198. The molecule has 3 rings (SSSR count). The van der Waals surface area contributed by atoms with Gasteiger partial charge in [0, 0.05) is 44.8 Å². The third-order valence-electron chi connectivity index (χ3n) is 5.25. The number of nitrogens with one attached hydrogen (secondary N) is 2. The van der Waals surface area contributed by atoms with E-state index in [0.717, 1.165) is 62.9 Å². The highest BCUT2D eigenvalue weighted by atomic mass is 16.5. The van der Waals surface area contributed by atoms with Gasteiger partial charge >= 0.3 is 0 Å². The summed E-state index contributed by atoms with van der Waals surface area (Å²) in [5.41, 5.74) is 3.55. The highest BCUT2D eigenvalue weighted by molar-refractivity contribution is 5.79. The van der Waals surface area contributed by atoms with Crippen LogP contribution in [0.2, 0.25) is 0 Å². The van der Waals surface area contributed by atoms with Crippen LogP contribution in [0.5, 0.6) is 0 Å². The highest BCUT2D eigenvalue weighted by Gasteiger charge is 2.20. The predicted molar refractivity (Wildman–Crippen MR) is 109 cm³/mol. The van der Waals surface area contributed by atoms with E-state index in [0.29, 0.717) is 6.04 Å². The minimum atomic E-state index is 0.474. The molecule has 1 saturated heterocycles. The molecule has 27 heavy (non-hydrogen) atoms. The van der Waals surface area contributed by atoms with Crippen LogP contribution in [0.15, 0.2) is 39.8 Å². The molecular formula is C21H31N5O. The molecule has 2 N–H and O–H groups in total. The molecular weight excluding hydrogens is 338 g/mol. The fourth-order valence-corrected chi connectivity index (χ4v) is 3.63. The minimum absolute atomic E-state index is 0.474. The molecule has 0 radical (unpaired) electrons. The van der Waals surface area contributed by atoms with Crippen molar-refractivity contribution in [3.8, 4) is 0 Å². The number of rotatable bonds is 6. The van der Waals surface area contributed by atoms with Crippen LogP contribution in [-0.2, 0) is 13.0 Å². The lowest BCUT2D eigenvalue weighted by Crippen LogP contribution is -2.48.